The van der Waals surface area contributed by atoms with Crippen LogP contribution >= 0.6 is 0 Å². The lowest BCUT2D eigenvalue weighted by molar-refractivity contribution is 0.303. The van der Waals surface area contributed by atoms with Crippen molar-refractivity contribution in [1.82, 2.24) is 0 Å². The van der Waals surface area contributed by atoms with Gasteiger partial charge in [0.05, 0.1) is 13.2 Å². The molecule has 2 aliphatic rings. The first-order valence-electron chi connectivity index (χ1n) is 25.1. The van der Waals surface area contributed by atoms with E-state index in [2.05, 4.69) is 137 Å². The van der Waals surface area contributed by atoms with Crippen molar-refractivity contribution < 1.29 is 9.47 Å². The molecular formula is C60H74O2. The van der Waals surface area contributed by atoms with E-state index in [1.54, 1.807) is 0 Å². The predicted molar refractivity (Wildman–Crippen MR) is 265 cm³/mol. The first-order chi connectivity index (χ1) is 30.5. The van der Waals surface area contributed by atoms with Gasteiger partial charge >= 0.3 is 0 Å². The molecule has 326 valence electrons. The van der Waals surface area contributed by atoms with Gasteiger partial charge in [0.25, 0.3) is 0 Å². The first-order valence-corrected chi connectivity index (χ1v) is 25.1. The SMILES string of the molecule is CCCCCC1CCC(c2ccc(Cc3ccc4c(-c5c(OCC)ccc6cc(Cc7ccc(C8CCC(CCCCC)CC8)cc7)ccc56)c(OCC)ccc4c3)cc2)CC1. The molecule has 0 heterocycles. The van der Waals surface area contributed by atoms with Crippen molar-refractivity contribution >= 4 is 21.5 Å². The molecule has 2 saturated carbocycles. The number of ether oxygens (including phenoxy) is 2. The highest BCUT2D eigenvalue weighted by atomic mass is 16.5. The van der Waals surface area contributed by atoms with E-state index in [0.29, 0.717) is 13.2 Å². The van der Waals surface area contributed by atoms with Crippen LogP contribution in [0.1, 0.15) is 176 Å². The molecule has 6 aromatic carbocycles. The Labute approximate surface area is 374 Å². The van der Waals surface area contributed by atoms with E-state index >= 15 is 0 Å². The summed E-state index contributed by atoms with van der Waals surface area (Å²) in [7, 11) is 0. The summed E-state index contributed by atoms with van der Waals surface area (Å²) in [5, 5.41) is 4.85. The lowest BCUT2D eigenvalue weighted by Gasteiger charge is -2.29. The summed E-state index contributed by atoms with van der Waals surface area (Å²) in [6.45, 7) is 9.99. The second-order valence-electron chi connectivity index (χ2n) is 19.1. The van der Waals surface area contributed by atoms with Crippen LogP contribution in [-0.2, 0) is 12.8 Å². The highest BCUT2D eigenvalue weighted by Crippen LogP contribution is 2.46. The first kappa shape index (κ1) is 44.1. The maximum atomic E-state index is 6.42. The predicted octanol–water partition coefficient (Wildman–Crippen LogP) is 17.3. The zero-order valence-electron chi connectivity index (χ0n) is 38.7. The Balaban J connectivity index is 0.998. The summed E-state index contributed by atoms with van der Waals surface area (Å²) in [4.78, 5) is 0. The lowest BCUT2D eigenvalue weighted by Crippen LogP contribution is -2.13. The van der Waals surface area contributed by atoms with Crippen molar-refractivity contribution in [2.45, 2.75) is 155 Å². The fourth-order valence-corrected chi connectivity index (χ4v) is 11.2. The Morgan fingerprint density at radius 2 is 0.790 bits per heavy atom. The Morgan fingerprint density at radius 1 is 0.403 bits per heavy atom. The third-order valence-electron chi connectivity index (χ3n) is 14.8. The number of fused-ring (bicyclic) bond motifs is 2. The van der Waals surface area contributed by atoms with Crippen molar-refractivity contribution in [2.24, 2.45) is 11.8 Å². The van der Waals surface area contributed by atoms with Gasteiger partial charge in [-0.15, -0.1) is 0 Å². The molecule has 0 saturated heterocycles. The van der Waals surface area contributed by atoms with Crippen molar-refractivity contribution in [2.75, 3.05) is 13.2 Å². The summed E-state index contributed by atoms with van der Waals surface area (Å²) in [6, 6.07) is 42.1. The summed E-state index contributed by atoms with van der Waals surface area (Å²) in [5.41, 5.74) is 10.7. The fraction of sp³-hybridized carbons (Fsp3) is 0.467. The largest absolute Gasteiger partial charge is 0.493 e. The van der Waals surface area contributed by atoms with Gasteiger partial charge in [0.1, 0.15) is 11.5 Å². The molecule has 2 aliphatic carbocycles. The van der Waals surface area contributed by atoms with Crippen LogP contribution in [0.5, 0.6) is 11.5 Å². The molecule has 2 heteroatoms. The summed E-state index contributed by atoms with van der Waals surface area (Å²) in [5.74, 6) is 5.16. The molecule has 2 nitrogen and oxygen atoms in total. The molecule has 0 bridgehead atoms. The normalized spacial score (nSPS) is 19.2. The van der Waals surface area contributed by atoms with Crippen LogP contribution in [0.2, 0.25) is 0 Å². The highest BCUT2D eigenvalue weighted by molar-refractivity contribution is 6.10. The van der Waals surface area contributed by atoms with Crippen LogP contribution in [-0.4, -0.2) is 13.2 Å². The molecule has 2 fully saturated rings. The summed E-state index contributed by atoms with van der Waals surface area (Å²) in [6.07, 6.45) is 24.0. The topological polar surface area (TPSA) is 18.5 Å². The van der Waals surface area contributed by atoms with Crippen molar-refractivity contribution in [1.29, 1.82) is 0 Å². The van der Waals surface area contributed by atoms with E-state index in [1.807, 2.05) is 0 Å². The maximum Gasteiger partial charge on any atom is 0.127 e. The van der Waals surface area contributed by atoms with E-state index in [9.17, 15) is 0 Å². The number of hydrogen-bond donors (Lipinski definition) is 0. The minimum Gasteiger partial charge on any atom is -0.493 e. The smallest absolute Gasteiger partial charge is 0.127 e. The van der Waals surface area contributed by atoms with Gasteiger partial charge in [-0.3, -0.25) is 0 Å². The second kappa shape index (κ2) is 21.7. The van der Waals surface area contributed by atoms with Gasteiger partial charge in [0, 0.05) is 11.1 Å². The van der Waals surface area contributed by atoms with Crippen LogP contribution in [0, 0.1) is 11.8 Å². The Kier molecular flexibility index (Phi) is 15.4. The van der Waals surface area contributed by atoms with Crippen LogP contribution in [0.3, 0.4) is 0 Å². The fourth-order valence-electron chi connectivity index (χ4n) is 11.2. The van der Waals surface area contributed by atoms with Gasteiger partial charge in [0.2, 0.25) is 0 Å². The van der Waals surface area contributed by atoms with Crippen LogP contribution in [0.4, 0.5) is 0 Å². The maximum absolute atomic E-state index is 6.42. The monoisotopic (exact) mass is 827 g/mol. The van der Waals surface area contributed by atoms with Gasteiger partial charge in [0.15, 0.2) is 0 Å². The van der Waals surface area contributed by atoms with Gasteiger partial charge < -0.3 is 9.47 Å². The number of benzene rings is 6. The number of rotatable bonds is 19. The molecule has 6 aromatic rings. The molecule has 0 radical (unpaired) electrons. The van der Waals surface area contributed by atoms with Gasteiger partial charge in [-0.25, -0.2) is 0 Å². The average Bonchev–Trinajstić information content (AvgIpc) is 3.30. The van der Waals surface area contributed by atoms with E-state index < -0.39 is 0 Å². The molecule has 0 aromatic heterocycles. The lowest BCUT2D eigenvalue weighted by atomic mass is 9.77. The third kappa shape index (κ3) is 10.8. The standard InChI is InChI=1S/C60H74O2/c1-5-9-11-13-43-15-25-49(26-16-43)51-29-19-45(20-30-51)39-47-23-35-55-53(41-47)33-37-57(61-7-3)59(55)60-56-36-24-48(42-54(56)34-38-58(60)62-8-4)40-46-21-31-52(32-22-46)50-27-17-44(18-28-50)14-12-10-6-2/h19-24,29-38,41-44,49-50H,5-18,25-28,39-40H2,1-4H3. The second-order valence-corrected chi connectivity index (χ2v) is 19.1. The van der Waals surface area contributed by atoms with Crippen LogP contribution < -0.4 is 9.47 Å². The van der Waals surface area contributed by atoms with Crippen LogP contribution in [0.25, 0.3) is 32.7 Å². The molecule has 8 rings (SSSR count). The summed E-state index contributed by atoms with van der Waals surface area (Å²) >= 11 is 0. The van der Waals surface area contributed by atoms with E-state index in [1.165, 1.54) is 158 Å². The minimum absolute atomic E-state index is 0.602. The minimum atomic E-state index is 0.602. The van der Waals surface area contributed by atoms with E-state index in [0.717, 1.165) is 59.1 Å². The molecule has 0 unspecified atom stereocenters. The molecule has 0 N–H and O–H groups in total. The van der Waals surface area contributed by atoms with Crippen molar-refractivity contribution in [3.05, 3.63) is 143 Å². The molecule has 0 atom stereocenters. The number of hydrogen-bond acceptors (Lipinski definition) is 2. The molecular weight excluding hydrogens is 753 g/mol. The van der Waals surface area contributed by atoms with Crippen LogP contribution in [0.15, 0.2) is 109 Å². The summed E-state index contributed by atoms with van der Waals surface area (Å²) < 4.78 is 12.8. The van der Waals surface area contributed by atoms with Crippen molar-refractivity contribution in [3.8, 4) is 22.6 Å². The zero-order valence-corrected chi connectivity index (χ0v) is 38.7. The van der Waals surface area contributed by atoms with E-state index in [-0.39, 0.29) is 0 Å². The molecule has 0 amide bonds. The van der Waals surface area contributed by atoms with E-state index in [4.69, 9.17) is 9.47 Å². The molecule has 0 aliphatic heterocycles. The average molecular weight is 827 g/mol. The Morgan fingerprint density at radius 3 is 1.16 bits per heavy atom. The van der Waals surface area contributed by atoms with Gasteiger partial charge in [-0.1, -0.05) is 162 Å². The quantitative estimate of drug-likeness (QED) is 0.0758. The van der Waals surface area contributed by atoms with Crippen molar-refractivity contribution in [3.63, 3.8) is 0 Å². The molecule has 62 heavy (non-hydrogen) atoms. The Hall–Kier alpha value is -4.56. The van der Waals surface area contributed by atoms with Gasteiger partial charge in [-0.05, 0) is 169 Å². The third-order valence-corrected chi connectivity index (χ3v) is 14.8. The highest BCUT2D eigenvalue weighted by Gasteiger charge is 2.24. The zero-order chi connectivity index (χ0) is 42.7. The van der Waals surface area contributed by atoms with Gasteiger partial charge in [-0.2, -0.15) is 0 Å². The molecule has 0 spiro atoms. The Bertz CT molecular complexity index is 2150. The number of unbranched alkanes of at least 4 members (excludes halogenated alkanes) is 4.